The normalized spacial score (nSPS) is 23.7. The Morgan fingerprint density at radius 3 is 2.32 bits per heavy atom. The third-order valence-electron chi connectivity index (χ3n) is 6.45. The molecule has 0 aromatic heterocycles. The summed E-state index contributed by atoms with van der Waals surface area (Å²) < 4.78 is 38.3. The zero-order chi connectivity index (χ0) is 23.9. The first-order valence-corrected chi connectivity index (χ1v) is 12.5. The van der Waals surface area contributed by atoms with Crippen LogP contribution in [0, 0.1) is 0 Å². The van der Waals surface area contributed by atoms with Gasteiger partial charge in [-0.1, -0.05) is 24.3 Å². The minimum absolute atomic E-state index is 0.0873. The number of ether oxygens (including phenoxy) is 2. The highest BCUT2D eigenvalue weighted by atomic mass is 32.2. The first-order chi connectivity index (χ1) is 16.3. The maximum absolute atomic E-state index is 13.3. The molecule has 180 valence electrons. The van der Waals surface area contributed by atoms with Crippen LogP contribution in [0.2, 0.25) is 0 Å². The van der Waals surface area contributed by atoms with Gasteiger partial charge in [-0.25, -0.2) is 18.1 Å². The fourth-order valence-electron chi connectivity index (χ4n) is 4.43. The van der Waals surface area contributed by atoms with Gasteiger partial charge in [0.15, 0.2) is 11.5 Å². The van der Waals surface area contributed by atoms with Gasteiger partial charge < -0.3 is 14.8 Å². The van der Waals surface area contributed by atoms with E-state index < -0.39 is 21.6 Å². The number of urea groups is 1. The fraction of sp³-hybridized carbons (Fsp3) is 0.391. The Morgan fingerprint density at radius 2 is 1.62 bits per heavy atom. The molecule has 3 aliphatic rings. The minimum atomic E-state index is -3.57. The van der Waals surface area contributed by atoms with Gasteiger partial charge in [-0.05, 0) is 36.8 Å². The molecule has 1 N–H and O–H groups in total. The van der Waals surface area contributed by atoms with E-state index >= 15 is 0 Å². The minimum Gasteiger partial charge on any atom is -0.486 e. The third kappa shape index (κ3) is 3.89. The average molecular weight is 487 g/mol. The molecule has 0 bridgehead atoms. The third-order valence-corrected chi connectivity index (χ3v) is 8.36. The van der Waals surface area contributed by atoms with E-state index in [0.29, 0.717) is 43.4 Å². The molecule has 2 saturated heterocycles. The van der Waals surface area contributed by atoms with E-state index in [-0.39, 0.29) is 30.6 Å². The van der Waals surface area contributed by atoms with Gasteiger partial charge in [-0.3, -0.25) is 9.69 Å². The molecule has 5 rings (SSSR count). The van der Waals surface area contributed by atoms with Gasteiger partial charge in [-0.2, -0.15) is 4.31 Å². The molecule has 2 fully saturated rings. The topological polar surface area (TPSA) is 108 Å². The quantitative estimate of drug-likeness (QED) is 0.633. The van der Waals surface area contributed by atoms with Crippen molar-refractivity contribution in [2.75, 3.05) is 46.1 Å². The van der Waals surface area contributed by atoms with Gasteiger partial charge in [0.2, 0.25) is 10.0 Å². The summed E-state index contributed by atoms with van der Waals surface area (Å²) in [5, 5.41) is 2.81. The molecule has 1 atom stereocenters. The Morgan fingerprint density at radius 1 is 0.941 bits per heavy atom. The highest BCUT2D eigenvalue weighted by molar-refractivity contribution is 7.89. The largest absolute Gasteiger partial charge is 0.486 e. The average Bonchev–Trinajstić information content (AvgIpc) is 3.08. The maximum atomic E-state index is 13.3. The molecule has 10 nitrogen and oxygen atoms in total. The first kappa shape index (κ1) is 22.6. The fourth-order valence-corrected chi connectivity index (χ4v) is 5.87. The van der Waals surface area contributed by atoms with Crippen LogP contribution in [0.25, 0.3) is 0 Å². The van der Waals surface area contributed by atoms with Crippen molar-refractivity contribution in [3.63, 3.8) is 0 Å². The SMILES string of the molecule is C[C@]1(c2ccc3c(c2)OCCO3)NC(=O)N(CN2CCN(S(=O)(=O)c3ccccc3)CC2)C1=O. The first-order valence-electron chi connectivity index (χ1n) is 11.1. The molecule has 11 heteroatoms. The second kappa shape index (κ2) is 8.57. The summed E-state index contributed by atoms with van der Waals surface area (Å²) in [6, 6.07) is 13.0. The van der Waals surface area contributed by atoms with Crippen molar-refractivity contribution in [1.29, 1.82) is 0 Å². The van der Waals surface area contributed by atoms with Crippen LogP contribution in [0.15, 0.2) is 53.4 Å². The molecule has 0 radical (unpaired) electrons. The number of nitrogens with zero attached hydrogens (tertiary/aromatic N) is 3. The molecule has 3 heterocycles. The lowest BCUT2D eigenvalue weighted by Gasteiger charge is -2.35. The number of nitrogens with one attached hydrogen (secondary N) is 1. The van der Waals surface area contributed by atoms with E-state index in [1.807, 2.05) is 4.90 Å². The summed E-state index contributed by atoms with van der Waals surface area (Å²) in [6.07, 6.45) is 0. The Hall–Kier alpha value is -3.15. The van der Waals surface area contributed by atoms with Crippen LogP contribution in [0.4, 0.5) is 4.79 Å². The molecule has 3 amide bonds. The number of carbonyl (C=O) groups excluding carboxylic acids is 2. The summed E-state index contributed by atoms with van der Waals surface area (Å²) in [7, 11) is -3.57. The van der Waals surface area contributed by atoms with Gasteiger partial charge in [0.25, 0.3) is 5.91 Å². The molecule has 0 unspecified atom stereocenters. The van der Waals surface area contributed by atoms with Crippen LogP contribution in [0.5, 0.6) is 11.5 Å². The number of hydrogen-bond donors (Lipinski definition) is 1. The van der Waals surface area contributed by atoms with Crippen molar-refractivity contribution >= 4 is 22.0 Å². The van der Waals surface area contributed by atoms with Gasteiger partial charge in [0, 0.05) is 26.2 Å². The number of piperazine rings is 1. The molecule has 0 spiro atoms. The Labute approximate surface area is 198 Å². The second-order valence-electron chi connectivity index (χ2n) is 8.62. The summed E-state index contributed by atoms with van der Waals surface area (Å²) in [6.45, 7) is 4.01. The number of carbonyl (C=O) groups is 2. The molecule has 0 saturated carbocycles. The Bertz CT molecular complexity index is 1210. The number of benzene rings is 2. The van der Waals surface area contributed by atoms with Gasteiger partial charge in [0.05, 0.1) is 11.6 Å². The van der Waals surface area contributed by atoms with E-state index in [2.05, 4.69) is 5.32 Å². The van der Waals surface area contributed by atoms with E-state index in [1.54, 1.807) is 55.5 Å². The Kier molecular flexibility index (Phi) is 5.70. The molecule has 2 aromatic rings. The van der Waals surface area contributed by atoms with Crippen molar-refractivity contribution in [3.8, 4) is 11.5 Å². The van der Waals surface area contributed by atoms with E-state index in [1.165, 1.54) is 9.21 Å². The highest BCUT2D eigenvalue weighted by Crippen LogP contribution is 2.37. The highest BCUT2D eigenvalue weighted by Gasteiger charge is 2.50. The number of imide groups is 1. The van der Waals surface area contributed by atoms with E-state index in [0.717, 1.165) is 0 Å². The van der Waals surface area contributed by atoms with Crippen molar-refractivity contribution in [1.82, 2.24) is 19.4 Å². The summed E-state index contributed by atoms with van der Waals surface area (Å²) >= 11 is 0. The van der Waals surface area contributed by atoms with Crippen LogP contribution < -0.4 is 14.8 Å². The van der Waals surface area contributed by atoms with Crippen LogP contribution in [0.3, 0.4) is 0 Å². The van der Waals surface area contributed by atoms with Crippen LogP contribution in [0.1, 0.15) is 12.5 Å². The van der Waals surface area contributed by atoms with Crippen molar-refractivity contribution < 1.29 is 27.5 Å². The van der Waals surface area contributed by atoms with Crippen molar-refractivity contribution in [2.45, 2.75) is 17.4 Å². The Balaban J connectivity index is 1.25. The number of hydrogen-bond acceptors (Lipinski definition) is 7. The van der Waals surface area contributed by atoms with Gasteiger partial charge in [-0.15, -0.1) is 0 Å². The van der Waals surface area contributed by atoms with E-state index in [4.69, 9.17) is 9.47 Å². The monoisotopic (exact) mass is 486 g/mol. The predicted molar refractivity (Wildman–Crippen MR) is 122 cm³/mol. The van der Waals surface area contributed by atoms with Crippen LogP contribution in [-0.2, 0) is 20.4 Å². The van der Waals surface area contributed by atoms with Gasteiger partial charge >= 0.3 is 6.03 Å². The number of rotatable bonds is 5. The summed E-state index contributed by atoms with van der Waals surface area (Å²) in [5.41, 5.74) is -0.623. The van der Waals surface area contributed by atoms with Crippen LogP contribution in [-0.4, -0.2) is 80.5 Å². The zero-order valence-corrected chi connectivity index (χ0v) is 19.6. The molecular formula is C23H26N4O6S. The summed E-state index contributed by atoms with van der Waals surface area (Å²) in [4.78, 5) is 29.4. The predicted octanol–water partition coefficient (Wildman–Crippen LogP) is 1.19. The molecule has 0 aliphatic carbocycles. The van der Waals surface area contributed by atoms with Crippen molar-refractivity contribution in [3.05, 3.63) is 54.1 Å². The van der Waals surface area contributed by atoms with E-state index in [9.17, 15) is 18.0 Å². The zero-order valence-electron chi connectivity index (χ0n) is 18.8. The van der Waals surface area contributed by atoms with Crippen molar-refractivity contribution in [2.24, 2.45) is 0 Å². The van der Waals surface area contributed by atoms with Gasteiger partial charge in [0.1, 0.15) is 18.8 Å². The molecule has 3 aliphatic heterocycles. The molecular weight excluding hydrogens is 460 g/mol. The number of fused-ring (bicyclic) bond motifs is 1. The number of amides is 3. The lowest BCUT2D eigenvalue weighted by atomic mass is 9.91. The lowest BCUT2D eigenvalue weighted by molar-refractivity contribution is -0.132. The molecule has 34 heavy (non-hydrogen) atoms. The molecule has 2 aromatic carbocycles. The smallest absolute Gasteiger partial charge is 0.326 e. The number of sulfonamides is 1. The van der Waals surface area contributed by atoms with Crippen LogP contribution >= 0.6 is 0 Å². The summed E-state index contributed by atoms with van der Waals surface area (Å²) in [5.74, 6) is 0.783. The standard InChI is InChI=1S/C23H26N4O6S/c1-23(17-7-8-19-20(15-17)33-14-13-32-19)21(28)27(22(29)24-23)16-25-9-11-26(12-10-25)34(30,31)18-5-3-2-4-6-18/h2-8,15H,9-14,16H2,1H3,(H,24,29)/t23-/m1/s1. The maximum Gasteiger partial charge on any atom is 0.326 e. The lowest BCUT2D eigenvalue weighted by Crippen LogP contribution is -2.52. The second-order valence-corrected chi connectivity index (χ2v) is 10.6.